The molecule has 4 nitrogen and oxygen atoms in total. The van der Waals surface area contributed by atoms with Gasteiger partial charge >= 0.3 is 0 Å². The Labute approximate surface area is 142 Å². The Morgan fingerprint density at radius 3 is 2.38 bits per heavy atom. The molecule has 124 valence electrons. The van der Waals surface area contributed by atoms with Crippen LogP contribution in [0.15, 0.2) is 71.3 Å². The van der Waals surface area contributed by atoms with Gasteiger partial charge < -0.3 is 9.63 Å². The number of nitrogens with zero attached hydrogens (tertiary/aromatic N) is 2. The number of aromatic nitrogens is 1. The first kappa shape index (κ1) is 16.4. The van der Waals surface area contributed by atoms with E-state index in [1.807, 2.05) is 61.6 Å². The lowest BCUT2D eigenvalue weighted by Gasteiger charge is -2.25. The summed E-state index contributed by atoms with van der Waals surface area (Å²) in [6.45, 7) is 0.711. The van der Waals surface area contributed by atoms with E-state index in [1.165, 1.54) is 5.56 Å². The van der Waals surface area contributed by atoms with Crippen LogP contribution in [0, 0.1) is 0 Å². The molecule has 24 heavy (non-hydrogen) atoms. The van der Waals surface area contributed by atoms with Crippen LogP contribution < -0.4 is 0 Å². The summed E-state index contributed by atoms with van der Waals surface area (Å²) >= 11 is 0. The molecule has 1 unspecified atom stereocenters. The fraction of sp³-hybridized carbons (Fsp3) is 0.250. The Morgan fingerprint density at radius 2 is 1.71 bits per heavy atom. The molecule has 1 heterocycles. The molecule has 4 heteroatoms. The molecule has 2 aromatic carbocycles. The summed E-state index contributed by atoms with van der Waals surface area (Å²) in [5, 5.41) is 13.9. The number of aliphatic hydroxyl groups is 1. The second-order valence-corrected chi connectivity index (χ2v) is 5.99. The summed E-state index contributed by atoms with van der Waals surface area (Å²) in [5.41, 5.74) is 3.09. The summed E-state index contributed by atoms with van der Waals surface area (Å²) in [5.74, 6) is 0.794. The number of benzene rings is 2. The van der Waals surface area contributed by atoms with Gasteiger partial charge in [-0.1, -0.05) is 65.8 Å². The van der Waals surface area contributed by atoms with Gasteiger partial charge in [0.05, 0.1) is 13.2 Å². The van der Waals surface area contributed by atoms with Crippen molar-refractivity contribution in [2.75, 3.05) is 13.7 Å². The normalized spacial score (nSPS) is 12.5. The van der Waals surface area contributed by atoms with Gasteiger partial charge in [0.1, 0.15) is 5.69 Å². The Kier molecular flexibility index (Phi) is 5.41. The molecular formula is C20H22N2O2. The topological polar surface area (TPSA) is 49.5 Å². The predicted octanol–water partition coefficient (Wildman–Crippen LogP) is 3.38. The smallest absolute Gasteiger partial charge is 0.151 e. The number of likely N-dealkylation sites (N-methyl/N-ethyl adjacent to an activating group) is 1. The maximum Gasteiger partial charge on any atom is 0.151 e. The van der Waals surface area contributed by atoms with E-state index in [-0.39, 0.29) is 12.6 Å². The highest BCUT2D eigenvalue weighted by Crippen LogP contribution is 2.20. The standard InChI is InChI=1S/C20H22N2O2/c1-22(18(15-23)12-16-8-4-2-5-9-16)14-19-13-20(21-24-19)17-10-6-3-7-11-17/h2-11,13,18,23H,12,14-15H2,1H3. The molecule has 1 aromatic heterocycles. The van der Waals surface area contributed by atoms with Crippen LogP contribution in [0.4, 0.5) is 0 Å². The van der Waals surface area contributed by atoms with Crippen molar-refractivity contribution in [2.45, 2.75) is 19.0 Å². The van der Waals surface area contributed by atoms with Gasteiger partial charge in [-0.15, -0.1) is 0 Å². The molecule has 1 atom stereocenters. The van der Waals surface area contributed by atoms with Crippen LogP contribution in [-0.2, 0) is 13.0 Å². The van der Waals surface area contributed by atoms with E-state index in [1.54, 1.807) is 0 Å². The molecule has 0 fully saturated rings. The van der Waals surface area contributed by atoms with Gasteiger partial charge in [-0.25, -0.2) is 0 Å². The van der Waals surface area contributed by atoms with Gasteiger partial charge in [0.25, 0.3) is 0 Å². The molecule has 3 rings (SSSR count). The number of aliphatic hydroxyl groups excluding tert-OH is 1. The molecule has 0 amide bonds. The van der Waals surface area contributed by atoms with E-state index in [2.05, 4.69) is 22.2 Å². The largest absolute Gasteiger partial charge is 0.395 e. The van der Waals surface area contributed by atoms with Crippen molar-refractivity contribution in [1.82, 2.24) is 10.1 Å². The molecular weight excluding hydrogens is 300 g/mol. The van der Waals surface area contributed by atoms with Gasteiger partial charge in [0, 0.05) is 17.7 Å². The molecule has 0 radical (unpaired) electrons. The highest BCUT2D eigenvalue weighted by molar-refractivity contribution is 5.58. The first-order chi connectivity index (χ1) is 11.8. The van der Waals surface area contributed by atoms with Crippen molar-refractivity contribution in [1.29, 1.82) is 0 Å². The van der Waals surface area contributed by atoms with Crippen molar-refractivity contribution in [3.8, 4) is 11.3 Å². The van der Waals surface area contributed by atoms with Crippen LogP contribution in [0.3, 0.4) is 0 Å². The number of hydrogen-bond donors (Lipinski definition) is 1. The maximum absolute atomic E-state index is 9.73. The van der Waals surface area contributed by atoms with Gasteiger partial charge in [-0.05, 0) is 19.0 Å². The quantitative estimate of drug-likeness (QED) is 0.724. The molecule has 0 saturated carbocycles. The van der Waals surface area contributed by atoms with Crippen LogP contribution in [0.2, 0.25) is 0 Å². The average Bonchev–Trinajstić information content (AvgIpc) is 3.09. The SMILES string of the molecule is CN(Cc1cc(-c2ccccc2)no1)C(CO)Cc1ccccc1. The Bertz CT molecular complexity index is 741. The molecule has 0 aliphatic carbocycles. The average molecular weight is 322 g/mol. The lowest BCUT2D eigenvalue weighted by atomic mass is 10.1. The highest BCUT2D eigenvalue weighted by atomic mass is 16.5. The Balaban J connectivity index is 1.65. The fourth-order valence-corrected chi connectivity index (χ4v) is 2.75. The minimum Gasteiger partial charge on any atom is -0.395 e. The first-order valence-electron chi connectivity index (χ1n) is 8.12. The molecule has 0 aliphatic rings. The highest BCUT2D eigenvalue weighted by Gasteiger charge is 2.17. The molecule has 1 N–H and O–H groups in total. The van der Waals surface area contributed by atoms with E-state index in [0.717, 1.165) is 23.4 Å². The number of hydrogen-bond acceptors (Lipinski definition) is 4. The second kappa shape index (κ2) is 7.90. The summed E-state index contributed by atoms with van der Waals surface area (Å²) < 4.78 is 5.46. The lowest BCUT2D eigenvalue weighted by Crippen LogP contribution is -2.36. The van der Waals surface area contributed by atoms with Crippen molar-refractivity contribution >= 4 is 0 Å². The third-order valence-corrected chi connectivity index (χ3v) is 4.18. The zero-order valence-corrected chi connectivity index (χ0v) is 13.8. The third kappa shape index (κ3) is 4.10. The van der Waals surface area contributed by atoms with Crippen LogP contribution in [0.5, 0.6) is 0 Å². The van der Waals surface area contributed by atoms with E-state index in [9.17, 15) is 5.11 Å². The maximum atomic E-state index is 9.73. The van der Waals surface area contributed by atoms with Gasteiger partial charge in [-0.3, -0.25) is 4.90 Å². The monoisotopic (exact) mass is 322 g/mol. The Hall–Kier alpha value is -2.43. The van der Waals surface area contributed by atoms with Crippen molar-refractivity contribution in [3.05, 3.63) is 78.1 Å². The van der Waals surface area contributed by atoms with Gasteiger partial charge in [0.2, 0.25) is 0 Å². The third-order valence-electron chi connectivity index (χ3n) is 4.18. The fourth-order valence-electron chi connectivity index (χ4n) is 2.75. The molecule has 3 aromatic rings. The second-order valence-electron chi connectivity index (χ2n) is 5.99. The molecule has 0 aliphatic heterocycles. The van der Waals surface area contributed by atoms with Crippen molar-refractivity contribution in [2.24, 2.45) is 0 Å². The minimum atomic E-state index is 0.0395. The summed E-state index contributed by atoms with van der Waals surface area (Å²) in [4.78, 5) is 2.10. The lowest BCUT2D eigenvalue weighted by molar-refractivity contribution is 0.131. The summed E-state index contributed by atoms with van der Waals surface area (Å²) in [6, 6.07) is 22.2. The van der Waals surface area contributed by atoms with Crippen LogP contribution in [0.25, 0.3) is 11.3 Å². The zero-order valence-electron chi connectivity index (χ0n) is 13.8. The first-order valence-corrected chi connectivity index (χ1v) is 8.12. The van der Waals surface area contributed by atoms with E-state index >= 15 is 0 Å². The van der Waals surface area contributed by atoms with E-state index < -0.39 is 0 Å². The number of rotatable bonds is 7. The van der Waals surface area contributed by atoms with Crippen molar-refractivity contribution in [3.63, 3.8) is 0 Å². The molecule has 0 bridgehead atoms. The zero-order chi connectivity index (χ0) is 16.8. The van der Waals surface area contributed by atoms with Crippen molar-refractivity contribution < 1.29 is 9.63 Å². The van der Waals surface area contributed by atoms with E-state index in [4.69, 9.17) is 4.52 Å². The molecule has 0 spiro atoms. The Morgan fingerprint density at radius 1 is 1.04 bits per heavy atom. The van der Waals surface area contributed by atoms with Crippen LogP contribution >= 0.6 is 0 Å². The summed E-state index contributed by atoms with van der Waals surface area (Å²) in [6.07, 6.45) is 0.799. The predicted molar refractivity (Wildman–Crippen MR) is 94.4 cm³/mol. The van der Waals surface area contributed by atoms with Crippen LogP contribution in [-0.4, -0.2) is 34.9 Å². The van der Waals surface area contributed by atoms with Gasteiger partial charge in [0.15, 0.2) is 5.76 Å². The molecule has 0 saturated heterocycles. The van der Waals surface area contributed by atoms with Crippen LogP contribution in [0.1, 0.15) is 11.3 Å². The minimum absolute atomic E-state index is 0.0395. The van der Waals surface area contributed by atoms with E-state index in [0.29, 0.717) is 6.54 Å². The summed E-state index contributed by atoms with van der Waals surface area (Å²) in [7, 11) is 1.99. The van der Waals surface area contributed by atoms with Gasteiger partial charge in [-0.2, -0.15) is 0 Å².